The molecule has 0 saturated carbocycles. The van der Waals surface area contributed by atoms with Crippen molar-refractivity contribution in [3.8, 4) is 0 Å². The molecular formula is C14H13BrClNO4. The minimum atomic E-state index is -0.854. The second kappa shape index (κ2) is 6.07. The number of benzene rings is 1. The molecule has 1 fully saturated rings. The van der Waals surface area contributed by atoms with Crippen LogP contribution in [0.4, 0.5) is 0 Å². The van der Waals surface area contributed by atoms with E-state index >= 15 is 0 Å². The van der Waals surface area contributed by atoms with Crippen molar-refractivity contribution in [1.82, 2.24) is 4.90 Å². The third-order valence-corrected chi connectivity index (χ3v) is 4.16. The van der Waals surface area contributed by atoms with Crippen molar-refractivity contribution in [3.63, 3.8) is 0 Å². The summed E-state index contributed by atoms with van der Waals surface area (Å²) in [5, 5.41) is 9.81. The molecule has 0 bridgehead atoms. The molecule has 2 aromatic rings. The lowest BCUT2D eigenvalue weighted by Gasteiger charge is -2.13. The van der Waals surface area contributed by atoms with E-state index in [1.165, 1.54) is 4.90 Å². The van der Waals surface area contributed by atoms with Crippen LogP contribution < -0.4 is 0 Å². The molecule has 1 saturated heterocycles. The third kappa shape index (κ3) is 2.91. The van der Waals surface area contributed by atoms with Gasteiger partial charge >= 0.3 is 5.97 Å². The zero-order valence-corrected chi connectivity index (χ0v) is 13.3. The van der Waals surface area contributed by atoms with Crippen LogP contribution in [0.1, 0.15) is 17.0 Å². The van der Waals surface area contributed by atoms with Gasteiger partial charge in [-0.2, -0.15) is 0 Å². The van der Waals surface area contributed by atoms with E-state index in [9.17, 15) is 9.59 Å². The van der Waals surface area contributed by atoms with Gasteiger partial charge in [-0.1, -0.05) is 12.1 Å². The molecule has 1 aromatic heterocycles. The van der Waals surface area contributed by atoms with Gasteiger partial charge in [-0.3, -0.25) is 9.59 Å². The van der Waals surface area contributed by atoms with E-state index in [4.69, 9.17) is 9.52 Å². The Kier molecular flexibility index (Phi) is 4.58. The monoisotopic (exact) mass is 373 g/mol. The lowest BCUT2D eigenvalue weighted by molar-refractivity contribution is -0.141. The fourth-order valence-corrected chi connectivity index (χ4v) is 2.90. The normalized spacial score (nSPS) is 17.8. The zero-order chi connectivity index (χ0) is 14.3. The highest BCUT2D eigenvalue weighted by atomic mass is 79.9. The quantitative estimate of drug-likeness (QED) is 0.876. The van der Waals surface area contributed by atoms with Crippen molar-refractivity contribution in [1.29, 1.82) is 0 Å². The van der Waals surface area contributed by atoms with Crippen LogP contribution in [-0.2, 0) is 4.79 Å². The summed E-state index contributed by atoms with van der Waals surface area (Å²) in [7, 11) is 0. The number of para-hydroxylation sites is 1. The van der Waals surface area contributed by atoms with Crippen LogP contribution in [0.3, 0.4) is 0 Å². The second-order valence-corrected chi connectivity index (χ2v) is 5.70. The van der Waals surface area contributed by atoms with Crippen molar-refractivity contribution in [3.05, 3.63) is 34.5 Å². The Morgan fingerprint density at radius 1 is 1.38 bits per heavy atom. The van der Waals surface area contributed by atoms with Gasteiger partial charge in [0.15, 0.2) is 5.76 Å². The van der Waals surface area contributed by atoms with Crippen molar-refractivity contribution < 1.29 is 19.1 Å². The maximum absolute atomic E-state index is 12.3. The summed E-state index contributed by atoms with van der Waals surface area (Å²) in [4.78, 5) is 24.8. The van der Waals surface area contributed by atoms with Crippen LogP contribution in [0.15, 0.2) is 33.2 Å². The van der Waals surface area contributed by atoms with Gasteiger partial charge in [0, 0.05) is 18.5 Å². The first-order valence-electron chi connectivity index (χ1n) is 6.26. The topological polar surface area (TPSA) is 70.8 Å². The fraction of sp³-hybridized carbons (Fsp3) is 0.286. The molecule has 112 valence electrons. The number of amides is 1. The van der Waals surface area contributed by atoms with E-state index < -0.39 is 11.9 Å². The lowest BCUT2D eigenvalue weighted by atomic mass is 10.1. The highest BCUT2D eigenvalue weighted by Gasteiger charge is 2.32. The summed E-state index contributed by atoms with van der Waals surface area (Å²) in [6.07, 6.45) is 0.491. The molecule has 1 N–H and O–H groups in total. The molecule has 3 rings (SSSR count). The van der Waals surface area contributed by atoms with Crippen molar-refractivity contribution in [2.45, 2.75) is 6.42 Å². The first-order valence-corrected chi connectivity index (χ1v) is 7.05. The van der Waals surface area contributed by atoms with Gasteiger partial charge in [0.1, 0.15) is 5.58 Å². The molecule has 7 heteroatoms. The molecule has 2 heterocycles. The predicted molar refractivity (Wildman–Crippen MR) is 82.8 cm³/mol. The Bertz CT molecular complexity index is 699. The zero-order valence-electron chi connectivity index (χ0n) is 10.9. The SMILES string of the molecule is Cl.O=C(O)C1CCN(C(=O)c2cc3cccc(Br)c3o2)C1. The van der Waals surface area contributed by atoms with Crippen LogP contribution in [0, 0.1) is 5.92 Å². The lowest BCUT2D eigenvalue weighted by Crippen LogP contribution is -2.29. The number of carboxylic acid groups (broad SMARTS) is 1. The van der Waals surface area contributed by atoms with Crippen LogP contribution >= 0.6 is 28.3 Å². The Labute approximate surface area is 135 Å². The number of likely N-dealkylation sites (tertiary alicyclic amines) is 1. The Balaban J connectivity index is 0.00000161. The maximum Gasteiger partial charge on any atom is 0.308 e. The summed E-state index contributed by atoms with van der Waals surface area (Å²) in [6.45, 7) is 0.695. The van der Waals surface area contributed by atoms with Gasteiger partial charge < -0.3 is 14.4 Å². The average Bonchev–Trinajstić information content (AvgIpc) is 3.05. The smallest absolute Gasteiger partial charge is 0.308 e. The van der Waals surface area contributed by atoms with Gasteiger partial charge in [0.25, 0.3) is 5.91 Å². The number of aliphatic carboxylic acids is 1. The fourth-order valence-electron chi connectivity index (χ4n) is 2.44. The number of rotatable bonds is 2. The summed E-state index contributed by atoms with van der Waals surface area (Å²) in [6, 6.07) is 7.27. The van der Waals surface area contributed by atoms with Crippen LogP contribution in [0.5, 0.6) is 0 Å². The summed E-state index contributed by atoms with van der Waals surface area (Å²) in [5.41, 5.74) is 0.629. The highest BCUT2D eigenvalue weighted by Crippen LogP contribution is 2.28. The molecule has 1 aromatic carbocycles. The van der Waals surface area contributed by atoms with E-state index in [0.717, 1.165) is 9.86 Å². The molecule has 5 nitrogen and oxygen atoms in total. The molecule has 0 aliphatic carbocycles. The standard InChI is InChI=1S/C14H12BrNO4.ClH/c15-10-3-1-2-8-6-11(20-12(8)10)13(17)16-5-4-9(7-16)14(18)19;/h1-3,6,9H,4-5,7H2,(H,18,19);1H. The average molecular weight is 375 g/mol. The molecule has 0 radical (unpaired) electrons. The van der Waals surface area contributed by atoms with Gasteiger partial charge in [-0.05, 0) is 34.5 Å². The van der Waals surface area contributed by atoms with E-state index in [1.807, 2.05) is 18.2 Å². The number of carbonyl (C=O) groups is 2. The first-order chi connectivity index (χ1) is 9.56. The molecular weight excluding hydrogens is 362 g/mol. The van der Waals surface area contributed by atoms with Gasteiger partial charge in [0.05, 0.1) is 10.4 Å². The largest absolute Gasteiger partial charge is 0.481 e. The van der Waals surface area contributed by atoms with Gasteiger partial charge in [-0.15, -0.1) is 12.4 Å². The van der Waals surface area contributed by atoms with Crippen molar-refractivity contribution in [2.24, 2.45) is 5.92 Å². The summed E-state index contributed by atoms with van der Waals surface area (Å²) >= 11 is 3.38. The number of nitrogens with zero attached hydrogens (tertiary/aromatic N) is 1. The van der Waals surface area contributed by atoms with E-state index in [0.29, 0.717) is 18.5 Å². The molecule has 1 aliphatic heterocycles. The number of carbonyl (C=O) groups excluding carboxylic acids is 1. The predicted octanol–water partition coefficient (Wildman–Crippen LogP) is 3.16. The third-order valence-electron chi connectivity index (χ3n) is 3.53. The molecule has 21 heavy (non-hydrogen) atoms. The molecule has 1 aliphatic rings. The van der Waals surface area contributed by atoms with E-state index in [-0.39, 0.29) is 30.6 Å². The molecule has 1 unspecified atom stereocenters. The number of carboxylic acids is 1. The van der Waals surface area contributed by atoms with E-state index in [2.05, 4.69) is 15.9 Å². The Hall–Kier alpha value is -1.53. The molecule has 1 atom stereocenters. The summed E-state index contributed by atoms with van der Waals surface area (Å²) < 4.78 is 6.37. The number of hydrogen-bond acceptors (Lipinski definition) is 3. The highest BCUT2D eigenvalue weighted by molar-refractivity contribution is 9.10. The van der Waals surface area contributed by atoms with E-state index in [1.54, 1.807) is 6.07 Å². The minimum Gasteiger partial charge on any atom is -0.481 e. The second-order valence-electron chi connectivity index (χ2n) is 4.84. The molecule has 0 spiro atoms. The number of fused-ring (bicyclic) bond motifs is 1. The van der Waals surface area contributed by atoms with Crippen molar-refractivity contribution >= 4 is 51.2 Å². The molecule has 1 amide bonds. The van der Waals surface area contributed by atoms with Crippen LogP contribution in [0.2, 0.25) is 0 Å². The van der Waals surface area contributed by atoms with Crippen LogP contribution in [-0.4, -0.2) is 35.0 Å². The Morgan fingerprint density at radius 2 is 2.14 bits per heavy atom. The number of furan rings is 1. The van der Waals surface area contributed by atoms with Gasteiger partial charge in [0.2, 0.25) is 0 Å². The Morgan fingerprint density at radius 3 is 2.76 bits per heavy atom. The van der Waals surface area contributed by atoms with Crippen molar-refractivity contribution in [2.75, 3.05) is 13.1 Å². The van der Waals surface area contributed by atoms with Gasteiger partial charge in [-0.25, -0.2) is 0 Å². The summed E-state index contributed by atoms with van der Waals surface area (Å²) in [5.74, 6) is -1.34. The number of hydrogen-bond donors (Lipinski definition) is 1. The van der Waals surface area contributed by atoms with Crippen LogP contribution in [0.25, 0.3) is 11.0 Å². The first kappa shape index (κ1) is 15.9. The number of halogens is 2. The minimum absolute atomic E-state index is 0. The maximum atomic E-state index is 12.3.